The number of carbonyl (C=O) groups excluding carboxylic acids is 3. The van der Waals surface area contributed by atoms with Crippen molar-refractivity contribution < 1.29 is 28.8 Å². The standard InChI is InChI=1S/C17H12Cl2N2O7/c1-27-16(23)9-2-10(4-14(3-9)21(25)26)17(24)28-8-15(22)20-13-6-11(18)5-12(19)7-13/h2-7H,8H2,1H3,(H,20,22). The topological polar surface area (TPSA) is 125 Å². The number of carbonyl (C=O) groups is 3. The first kappa shape index (κ1) is 21.1. The second kappa shape index (κ2) is 9.16. The molecule has 1 amide bonds. The summed E-state index contributed by atoms with van der Waals surface area (Å²) in [5, 5.41) is 14.0. The summed E-state index contributed by atoms with van der Waals surface area (Å²) in [6.07, 6.45) is 0. The van der Waals surface area contributed by atoms with Crippen molar-refractivity contribution in [3.8, 4) is 0 Å². The van der Waals surface area contributed by atoms with Gasteiger partial charge in [-0.15, -0.1) is 0 Å². The lowest BCUT2D eigenvalue weighted by Crippen LogP contribution is -2.21. The van der Waals surface area contributed by atoms with Crippen molar-refractivity contribution in [2.24, 2.45) is 0 Å². The molecule has 0 heterocycles. The number of nitro benzene ring substituents is 1. The number of hydrogen-bond donors (Lipinski definition) is 1. The average Bonchev–Trinajstić information content (AvgIpc) is 2.64. The number of ether oxygens (including phenoxy) is 2. The molecule has 0 unspecified atom stereocenters. The molecule has 146 valence electrons. The average molecular weight is 427 g/mol. The van der Waals surface area contributed by atoms with E-state index in [0.29, 0.717) is 15.7 Å². The molecule has 0 saturated carbocycles. The SMILES string of the molecule is COC(=O)c1cc(C(=O)OCC(=O)Nc2cc(Cl)cc(Cl)c2)cc([N+](=O)[O-])c1. The van der Waals surface area contributed by atoms with E-state index in [4.69, 9.17) is 27.9 Å². The molecule has 1 N–H and O–H groups in total. The highest BCUT2D eigenvalue weighted by molar-refractivity contribution is 6.35. The molecule has 9 nitrogen and oxygen atoms in total. The van der Waals surface area contributed by atoms with Crippen molar-refractivity contribution in [1.29, 1.82) is 0 Å². The molecule has 2 aromatic carbocycles. The van der Waals surface area contributed by atoms with Crippen LogP contribution < -0.4 is 5.32 Å². The van der Waals surface area contributed by atoms with Gasteiger partial charge in [-0.2, -0.15) is 0 Å². The van der Waals surface area contributed by atoms with Crippen molar-refractivity contribution in [3.63, 3.8) is 0 Å². The number of amides is 1. The van der Waals surface area contributed by atoms with Crippen LogP contribution in [0.3, 0.4) is 0 Å². The van der Waals surface area contributed by atoms with Crippen LogP contribution in [0.4, 0.5) is 11.4 Å². The number of benzene rings is 2. The highest BCUT2D eigenvalue weighted by Gasteiger charge is 2.20. The minimum atomic E-state index is -1.03. The van der Waals surface area contributed by atoms with E-state index in [0.717, 1.165) is 25.3 Å². The minimum absolute atomic E-state index is 0.207. The first-order chi connectivity index (χ1) is 13.2. The predicted octanol–water partition coefficient (Wildman–Crippen LogP) is 3.48. The number of methoxy groups -OCH3 is 1. The van der Waals surface area contributed by atoms with Gasteiger partial charge in [-0.3, -0.25) is 14.9 Å². The molecule has 11 heteroatoms. The van der Waals surface area contributed by atoms with Crippen molar-refractivity contribution >= 4 is 52.4 Å². The van der Waals surface area contributed by atoms with Gasteiger partial charge in [-0.1, -0.05) is 23.2 Å². The number of nitrogens with one attached hydrogen (secondary N) is 1. The van der Waals surface area contributed by atoms with Crippen LogP contribution in [-0.4, -0.2) is 36.5 Å². The fraction of sp³-hybridized carbons (Fsp3) is 0.118. The van der Waals surface area contributed by atoms with E-state index in [1.807, 2.05) is 0 Å². The molecule has 0 saturated heterocycles. The Morgan fingerprint density at radius 3 is 2.11 bits per heavy atom. The lowest BCUT2D eigenvalue weighted by atomic mass is 10.1. The molecule has 0 spiro atoms. The van der Waals surface area contributed by atoms with Crippen LogP contribution in [-0.2, 0) is 14.3 Å². The second-order valence-corrected chi connectivity index (χ2v) is 6.17. The Balaban J connectivity index is 2.09. The number of anilines is 1. The third-order valence-electron chi connectivity index (χ3n) is 3.27. The summed E-state index contributed by atoms with van der Waals surface area (Å²) in [5.74, 6) is -2.59. The van der Waals surface area contributed by atoms with Gasteiger partial charge >= 0.3 is 11.9 Å². The van der Waals surface area contributed by atoms with Gasteiger partial charge < -0.3 is 14.8 Å². The summed E-state index contributed by atoms with van der Waals surface area (Å²) >= 11 is 11.6. The van der Waals surface area contributed by atoms with E-state index < -0.39 is 35.1 Å². The number of esters is 2. The molecule has 0 bridgehead atoms. The smallest absolute Gasteiger partial charge is 0.338 e. The first-order valence-corrected chi connectivity index (χ1v) is 8.26. The number of nitro groups is 1. The highest BCUT2D eigenvalue weighted by Crippen LogP contribution is 2.22. The Labute approximate surface area is 168 Å². The van der Waals surface area contributed by atoms with Crippen molar-refractivity contribution in [2.75, 3.05) is 19.0 Å². The quantitative estimate of drug-likeness (QED) is 0.425. The van der Waals surface area contributed by atoms with Crippen LogP contribution in [0, 0.1) is 10.1 Å². The summed E-state index contributed by atoms with van der Waals surface area (Å²) in [6, 6.07) is 7.30. The van der Waals surface area contributed by atoms with Gasteiger partial charge in [0, 0.05) is 27.9 Å². The molecular formula is C17H12Cl2N2O7. The monoisotopic (exact) mass is 426 g/mol. The zero-order valence-electron chi connectivity index (χ0n) is 14.2. The van der Waals surface area contributed by atoms with Crippen molar-refractivity contribution in [2.45, 2.75) is 0 Å². The van der Waals surface area contributed by atoms with Crippen LogP contribution >= 0.6 is 23.2 Å². The zero-order chi connectivity index (χ0) is 20.8. The summed E-state index contributed by atoms with van der Waals surface area (Å²) in [5.41, 5.74) is -0.704. The van der Waals surface area contributed by atoms with Gasteiger partial charge in [-0.05, 0) is 24.3 Å². The molecule has 0 aliphatic heterocycles. The number of nitrogens with zero attached hydrogens (tertiary/aromatic N) is 1. The zero-order valence-corrected chi connectivity index (χ0v) is 15.7. The molecule has 0 aromatic heterocycles. The van der Waals surface area contributed by atoms with E-state index in [9.17, 15) is 24.5 Å². The second-order valence-electron chi connectivity index (χ2n) is 5.30. The molecule has 0 fully saturated rings. The lowest BCUT2D eigenvalue weighted by molar-refractivity contribution is -0.384. The summed E-state index contributed by atoms with van der Waals surface area (Å²) in [7, 11) is 1.09. The molecule has 0 atom stereocenters. The fourth-order valence-electron chi connectivity index (χ4n) is 2.11. The lowest BCUT2D eigenvalue weighted by Gasteiger charge is -2.08. The van der Waals surface area contributed by atoms with Crippen LogP contribution in [0.5, 0.6) is 0 Å². The molecule has 0 radical (unpaired) electrons. The number of rotatable bonds is 6. The highest BCUT2D eigenvalue weighted by atomic mass is 35.5. The third-order valence-corrected chi connectivity index (χ3v) is 3.70. The van der Waals surface area contributed by atoms with E-state index in [1.165, 1.54) is 18.2 Å². The molecule has 28 heavy (non-hydrogen) atoms. The Hall–Kier alpha value is -3.17. The first-order valence-electron chi connectivity index (χ1n) is 7.50. The maximum absolute atomic E-state index is 12.1. The normalized spacial score (nSPS) is 10.1. The summed E-state index contributed by atoms with van der Waals surface area (Å²) < 4.78 is 9.32. The third kappa shape index (κ3) is 5.66. The Kier molecular flexibility index (Phi) is 6.91. The molecular weight excluding hydrogens is 415 g/mol. The minimum Gasteiger partial charge on any atom is -0.465 e. The van der Waals surface area contributed by atoms with Crippen molar-refractivity contribution in [3.05, 3.63) is 67.7 Å². The number of non-ortho nitro benzene ring substituents is 1. The summed E-state index contributed by atoms with van der Waals surface area (Å²) in [6.45, 7) is -0.681. The Bertz CT molecular complexity index is 942. The Morgan fingerprint density at radius 1 is 1.00 bits per heavy atom. The molecule has 2 aromatic rings. The number of halogens is 2. The molecule has 2 rings (SSSR count). The van der Waals surface area contributed by atoms with E-state index in [2.05, 4.69) is 10.1 Å². The van der Waals surface area contributed by atoms with Crippen molar-refractivity contribution in [1.82, 2.24) is 0 Å². The summed E-state index contributed by atoms with van der Waals surface area (Å²) in [4.78, 5) is 45.8. The van der Waals surface area contributed by atoms with Gasteiger partial charge in [0.2, 0.25) is 0 Å². The van der Waals surface area contributed by atoms with E-state index >= 15 is 0 Å². The van der Waals surface area contributed by atoms with Gasteiger partial charge in [-0.25, -0.2) is 9.59 Å². The van der Waals surface area contributed by atoms with Crippen LogP contribution in [0.2, 0.25) is 10.0 Å². The number of hydrogen-bond acceptors (Lipinski definition) is 7. The maximum atomic E-state index is 12.1. The maximum Gasteiger partial charge on any atom is 0.338 e. The van der Waals surface area contributed by atoms with E-state index in [-0.39, 0.29) is 11.1 Å². The van der Waals surface area contributed by atoms with Gasteiger partial charge in [0.1, 0.15) is 0 Å². The van der Waals surface area contributed by atoms with E-state index in [1.54, 1.807) is 0 Å². The predicted molar refractivity (Wildman–Crippen MR) is 99.8 cm³/mol. The van der Waals surface area contributed by atoms with Gasteiger partial charge in [0.25, 0.3) is 11.6 Å². The Morgan fingerprint density at radius 2 is 1.57 bits per heavy atom. The van der Waals surface area contributed by atoms with Gasteiger partial charge in [0.15, 0.2) is 6.61 Å². The van der Waals surface area contributed by atoms with Crippen LogP contribution in [0.15, 0.2) is 36.4 Å². The molecule has 0 aliphatic rings. The van der Waals surface area contributed by atoms with Crippen LogP contribution in [0.1, 0.15) is 20.7 Å². The molecule has 0 aliphatic carbocycles. The van der Waals surface area contributed by atoms with Gasteiger partial charge in [0.05, 0.1) is 23.2 Å². The van der Waals surface area contributed by atoms with Crippen LogP contribution in [0.25, 0.3) is 0 Å². The largest absolute Gasteiger partial charge is 0.465 e. The fourth-order valence-corrected chi connectivity index (χ4v) is 2.63.